The molecule has 1 saturated heterocycles. The molecule has 0 aliphatic carbocycles. The van der Waals surface area contributed by atoms with Gasteiger partial charge in [0.1, 0.15) is 5.82 Å². The number of amides is 1. The lowest BCUT2D eigenvalue weighted by atomic mass is 9.94. The highest BCUT2D eigenvalue weighted by Gasteiger charge is 2.34. The number of aryl methyl sites for hydroxylation is 2. The summed E-state index contributed by atoms with van der Waals surface area (Å²) in [5.41, 5.74) is 1.93. The monoisotopic (exact) mass is 453 g/mol. The second-order valence-electron chi connectivity index (χ2n) is 8.05. The maximum absolute atomic E-state index is 13.1. The second-order valence-corrected chi connectivity index (χ2v) is 9.93. The predicted molar refractivity (Wildman–Crippen MR) is 120 cm³/mol. The van der Waals surface area contributed by atoms with E-state index in [1.807, 2.05) is 42.5 Å². The van der Waals surface area contributed by atoms with Crippen molar-refractivity contribution in [2.45, 2.75) is 30.8 Å². The Morgan fingerprint density at radius 2 is 1.69 bits per heavy atom. The number of hydrogen-bond donors (Lipinski definition) is 1. The number of imidazole rings is 1. The first kappa shape index (κ1) is 22.2. The molecule has 1 aromatic carbocycles. The number of rotatable bonds is 6. The van der Waals surface area contributed by atoms with Crippen molar-refractivity contribution in [3.05, 3.63) is 78.0 Å². The van der Waals surface area contributed by atoms with Crippen LogP contribution < -0.4 is 5.32 Å². The third-order valence-corrected chi connectivity index (χ3v) is 7.74. The maximum Gasteiger partial charge on any atom is 0.262 e. The van der Waals surface area contributed by atoms with E-state index in [0.717, 1.165) is 11.1 Å². The van der Waals surface area contributed by atoms with E-state index in [4.69, 9.17) is 0 Å². The number of benzene rings is 1. The minimum Gasteiger partial charge on any atom is -0.345 e. The minimum absolute atomic E-state index is 0.0576. The molecule has 1 unspecified atom stereocenters. The normalized spacial score (nSPS) is 16.6. The molecule has 1 aliphatic rings. The summed E-state index contributed by atoms with van der Waals surface area (Å²) >= 11 is 0. The van der Waals surface area contributed by atoms with Crippen molar-refractivity contribution in [2.75, 3.05) is 13.1 Å². The van der Waals surface area contributed by atoms with E-state index in [1.54, 1.807) is 30.9 Å². The van der Waals surface area contributed by atoms with Crippen molar-refractivity contribution < 1.29 is 13.2 Å². The Morgan fingerprint density at radius 3 is 2.28 bits per heavy atom. The predicted octanol–water partition coefficient (Wildman–Crippen LogP) is 2.43. The van der Waals surface area contributed by atoms with Crippen molar-refractivity contribution >= 4 is 15.9 Å². The summed E-state index contributed by atoms with van der Waals surface area (Å²) in [4.78, 5) is 21.4. The smallest absolute Gasteiger partial charge is 0.262 e. The maximum atomic E-state index is 13.1. The van der Waals surface area contributed by atoms with E-state index in [1.165, 1.54) is 10.5 Å². The Kier molecular flexibility index (Phi) is 6.38. The summed E-state index contributed by atoms with van der Waals surface area (Å²) in [5.74, 6) is 0.322. The molecule has 0 radical (unpaired) electrons. The highest BCUT2D eigenvalue weighted by molar-refractivity contribution is 7.89. The van der Waals surface area contributed by atoms with Gasteiger partial charge >= 0.3 is 0 Å². The van der Waals surface area contributed by atoms with E-state index in [-0.39, 0.29) is 22.9 Å². The molecule has 3 aromatic rings. The number of carbonyl (C=O) groups excluding carboxylic acids is 1. The number of nitrogens with one attached hydrogen (secondary N) is 1. The fourth-order valence-corrected chi connectivity index (χ4v) is 5.46. The lowest BCUT2D eigenvalue weighted by molar-refractivity contribution is -0.126. The second kappa shape index (κ2) is 9.22. The summed E-state index contributed by atoms with van der Waals surface area (Å²) < 4.78 is 29.0. The third-order valence-electron chi connectivity index (χ3n) is 5.97. The standard InChI is InChI=1S/C23H27N5O3S/c1-17-25-21(16-27(17)2)32(30,31)28-14-10-20(11-15-28)23(29)26-22(18-6-4-3-5-7-18)19-8-12-24-13-9-19/h3-9,12-13,16,20,22H,10-11,14-15H2,1-2H3,(H,26,29). The van der Waals surface area contributed by atoms with Crippen LogP contribution in [0.2, 0.25) is 0 Å². The number of aromatic nitrogens is 3. The van der Waals surface area contributed by atoms with Gasteiger partial charge in [-0.2, -0.15) is 4.31 Å². The fraction of sp³-hybridized carbons (Fsp3) is 0.348. The molecule has 8 nitrogen and oxygen atoms in total. The van der Waals surface area contributed by atoms with Gasteiger partial charge in [-0.1, -0.05) is 30.3 Å². The van der Waals surface area contributed by atoms with E-state index in [9.17, 15) is 13.2 Å². The molecule has 9 heteroatoms. The average Bonchev–Trinajstić information content (AvgIpc) is 3.17. The Labute approximate surface area is 188 Å². The summed E-state index contributed by atoms with van der Waals surface area (Å²) in [6, 6.07) is 13.3. The van der Waals surface area contributed by atoms with Gasteiger partial charge in [-0.25, -0.2) is 13.4 Å². The van der Waals surface area contributed by atoms with Gasteiger partial charge in [0, 0.05) is 44.6 Å². The lowest BCUT2D eigenvalue weighted by Crippen LogP contribution is -2.43. The molecule has 1 atom stereocenters. The summed E-state index contributed by atoms with van der Waals surface area (Å²) in [5, 5.41) is 3.22. The number of pyridine rings is 1. The molecule has 1 fully saturated rings. The van der Waals surface area contributed by atoms with E-state index >= 15 is 0 Å². The van der Waals surface area contributed by atoms with Gasteiger partial charge in [0.15, 0.2) is 5.03 Å². The molecule has 0 spiro atoms. The molecule has 1 N–H and O–H groups in total. The topological polar surface area (TPSA) is 97.2 Å². The van der Waals surface area contributed by atoms with Gasteiger partial charge in [0.05, 0.1) is 6.04 Å². The quantitative estimate of drug-likeness (QED) is 0.618. The van der Waals surface area contributed by atoms with Gasteiger partial charge in [-0.3, -0.25) is 9.78 Å². The molecular formula is C23H27N5O3S. The van der Waals surface area contributed by atoms with Gasteiger partial charge in [-0.05, 0) is 43.0 Å². The largest absolute Gasteiger partial charge is 0.345 e. The van der Waals surface area contributed by atoms with Crippen LogP contribution in [-0.4, -0.2) is 46.3 Å². The molecular weight excluding hydrogens is 426 g/mol. The molecule has 1 aliphatic heterocycles. The molecule has 3 heterocycles. The van der Waals surface area contributed by atoms with Crippen LogP contribution in [0, 0.1) is 12.8 Å². The van der Waals surface area contributed by atoms with Crippen molar-refractivity contribution in [1.29, 1.82) is 0 Å². The zero-order chi connectivity index (χ0) is 22.7. The minimum atomic E-state index is -3.66. The first-order valence-corrected chi connectivity index (χ1v) is 12.1. The Morgan fingerprint density at radius 1 is 1.06 bits per heavy atom. The van der Waals surface area contributed by atoms with Crippen LogP contribution >= 0.6 is 0 Å². The number of nitrogens with zero attached hydrogens (tertiary/aromatic N) is 4. The van der Waals surface area contributed by atoms with Gasteiger partial charge in [0.2, 0.25) is 5.91 Å². The van der Waals surface area contributed by atoms with Crippen molar-refractivity contribution in [2.24, 2.45) is 13.0 Å². The number of sulfonamides is 1. The van der Waals surface area contributed by atoms with Crippen LogP contribution in [0.1, 0.15) is 35.8 Å². The molecule has 0 bridgehead atoms. The molecule has 1 amide bonds. The van der Waals surface area contributed by atoms with Crippen molar-refractivity contribution in [3.8, 4) is 0 Å². The average molecular weight is 454 g/mol. The molecule has 0 saturated carbocycles. The summed E-state index contributed by atoms with van der Waals surface area (Å²) in [6.07, 6.45) is 5.88. The van der Waals surface area contributed by atoms with Crippen LogP contribution in [-0.2, 0) is 21.9 Å². The van der Waals surface area contributed by atoms with Crippen molar-refractivity contribution in [1.82, 2.24) is 24.2 Å². The number of carbonyl (C=O) groups is 1. The van der Waals surface area contributed by atoms with Crippen LogP contribution in [0.3, 0.4) is 0 Å². The summed E-state index contributed by atoms with van der Waals surface area (Å²) in [6.45, 7) is 2.35. The van der Waals surface area contributed by atoms with Crippen LogP contribution in [0.4, 0.5) is 0 Å². The molecule has 32 heavy (non-hydrogen) atoms. The lowest BCUT2D eigenvalue weighted by Gasteiger charge is -2.31. The van der Waals surface area contributed by atoms with Crippen LogP contribution in [0.15, 0.2) is 66.1 Å². The molecule has 168 valence electrons. The fourth-order valence-electron chi connectivity index (χ4n) is 3.96. The van der Waals surface area contributed by atoms with Gasteiger partial charge < -0.3 is 9.88 Å². The number of hydrogen-bond acceptors (Lipinski definition) is 5. The summed E-state index contributed by atoms with van der Waals surface area (Å²) in [7, 11) is -1.89. The zero-order valence-corrected chi connectivity index (χ0v) is 19.0. The molecule has 4 rings (SSSR count). The van der Waals surface area contributed by atoms with Crippen molar-refractivity contribution in [3.63, 3.8) is 0 Å². The Balaban J connectivity index is 1.44. The van der Waals surface area contributed by atoms with Crippen LogP contribution in [0.25, 0.3) is 0 Å². The first-order chi connectivity index (χ1) is 15.4. The first-order valence-electron chi connectivity index (χ1n) is 10.6. The number of piperidine rings is 1. The highest BCUT2D eigenvalue weighted by atomic mass is 32.2. The highest BCUT2D eigenvalue weighted by Crippen LogP contribution is 2.26. The van der Waals surface area contributed by atoms with Gasteiger partial charge in [0.25, 0.3) is 10.0 Å². The molecule has 2 aromatic heterocycles. The van der Waals surface area contributed by atoms with Gasteiger partial charge in [-0.15, -0.1) is 0 Å². The Bertz CT molecular complexity index is 1110. The zero-order valence-electron chi connectivity index (χ0n) is 18.2. The third kappa shape index (κ3) is 4.58. The Hall–Kier alpha value is -3.04. The van der Waals surface area contributed by atoms with E-state index < -0.39 is 10.0 Å². The van der Waals surface area contributed by atoms with E-state index in [0.29, 0.717) is 31.8 Å². The SMILES string of the molecule is Cc1nc(S(=O)(=O)N2CCC(C(=O)NC(c3ccccc3)c3ccncc3)CC2)cn1C. The van der Waals surface area contributed by atoms with Crippen LogP contribution in [0.5, 0.6) is 0 Å². The van der Waals surface area contributed by atoms with E-state index in [2.05, 4.69) is 15.3 Å².